The molecule has 1 aromatic carbocycles. The van der Waals surface area contributed by atoms with Gasteiger partial charge in [0.15, 0.2) is 12.1 Å². The molecule has 3 aliphatic rings. The van der Waals surface area contributed by atoms with Crippen LogP contribution in [-0.4, -0.2) is 84.0 Å². The molecule has 2 aromatic rings. The van der Waals surface area contributed by atoms with Gasteiger partial charge in [0.2, 0.25) is 0 Å². The van der Waals surface area contributed by atoms with Crippen LogP contribution in [0, 0.1) is 0 Å². The van der Waals surface area contributed by atoms with E-state index in [1.54, 1.807) is 0 Å². The summed E-state index contributed by atoms with van der Waals surface area (Å²) >= 11 is 0. The van der Waals surface area contributed by atoms with E-state index in [2.05, 4.69) is 15.5 Å². The highest BCUT2D eigenvalue weighted by molar-refractivity contribution is 5.94. The van der Waals surface area contributed by atoms with Crippen LogP contribution in [0.5, 0.6) is 0 Å². The molecule has 0 bridgehead atoms. The quantitative estimate of drug-likeness (QED) is 0.564. The molecule has 9 heteroatoms. The number of aldehydes is 1. The Hall–Kier alpha value is -3.17. The molecule has 35 heavy (non-hydrogen) atoms. The van der Waals surface area contributed by atoms with E-state index in [4.69, 9.17) is 9.72 Å². The number of aromatic nitrogens is 2. The van der Waals surface area contributed by atoms with Crippen molar-refractivity contribution in [2.45, 2.75) is 37.6 Å². The molecule has 0 unspecified atom stereocenters. The van der Waals surface area contributed by atoms with Gasteiger partial charge in [-0.25, -0.2) is 4.98 Å². The summed E-state index contributed by atoms with van der Waals surface area (Å²) in [6.45, 7) is 4.54. The highest BCUT2D eigenvalue weighted by atomic mass is 16.5. The number of amides is 1. The van der Waals surface area contributed by atoms with Crippen molar-refractivity contribution in [1.82, 2.24) is 24.7 Å². The molecule has 9 nitrogen and oxygen atoms in total. The van der Waals surface area contributed by atoms with Crippen molar-refractivity contribution < 1.29 is 14.3 Å². The third-order valence-corrected chi connectivity index (χ3v) is 7.13. The van der Waals surface area contributed by atoms with Crippen LogP contribution in [-0.2, 0) is 4.74 Å². The lowest BCUT2D eigenvalue weighted by Crippen LogP contribution is -2.40. The van der Waals surface area contributed by atoms with E-state index in [0.29, 0.717) is 49.3 Å². The zero-order chi connectivity index (χ0) is 24.2. The average molecular weight is 479 g/mol. The predicted octanol–water partition coefficient (Wildman–Crippen LogP) is 2.90. The smallest absolute Gasteiger partial charge is 0.254 e. The third kappa shape index (κ3) is 5.26. The van der Waals surface area contributed by atoms with E-state index < -0.39 is 0 Å². The molecule has 2 N–H and O–H groups in total. The van der Waals surface area contributed by atoms with Gasteiger partial charge < -0.3 is 25.2 Å². The number of imidazole rings is 1. The number of morpholine rings is 1. The fourth-order valence-corrected chi connectivity index (χ4v) is 5.01. The van der Waals surface area contributed by atoms with Gasteiger partial charge in [0.25, 0.3) is 5.91 Å². The van der Waals surface area contributed by atoms with E-state index in [0.717, 1.165) is 49.8 Å². The zero-order valence-corrected chi connectivity index (χ0v) is 20.3. The number of piperidine rings is 1. The molecule has 0 radical (unpaired) electrons. The van der Waals surface area contributed by atoms with E-state index in [1.165, 1.54) is 12.8 Å². The molecule has 2 aliphatic heterocycles. The highest BCUT2D eigenvalue weighted by Gasteiger charge is 2.34. The molecule has 1 saturated carbocycles. The summed E-state index contributed by atoms with van der Waals surface area (Å²) in [4.78, 5) is 34.2. The molecule has 0 atom stereocenters. The van der Waals surface area contributed by atoms with E-state index in [1.807, 2.05) is 53.2 Å². The van der Waals surface area contributed by atoms with Crippen LogP contribution in [0.25, 0.3) is 6.20 Å². The van der Waals surface area contributed by atoms with Crippen LogP contribution >= 0.6 is 0 Å². The number of carbonyl (C=O) groups is 2. The molecule has 3 fully saturated rings. The van der Waals surface area contributed by atoms with Gasteiger partial charge in [-0.1, -0.05) is 0 Å². The molecule has 2 saturated heterocycles. The second kappa shape index (κ2) is 10.6. The summed E-state index contributed by atoms with van der Waals surface area (Å²) in [5.41, 5.74) is 1.91. The number of hydrogen-bond donors (Lipinski definition) is 2. The molecule has 1 aliphatic carbocycles. The minimum Gasteiger partial charge on any atom is -0.393 e. The molecule has 0 spiro atoms. The molecular formula is C26H34N6O3. The number of benzene rings is 1. The molecule has 1 amide bonds. The summed E-state index contributed by atoms with van der Waals surface area (Å²) in [5, 5.41) is 6.32. The monoisotopic (exact) mass is 478 g/mol. The maximum atomic E-state index is 12.7. The third-order valence-electron chi connectivity index (χ3n) is 7.13. The summed E-state index contributed by atoms with van der Waals surface area (Å²) < 4.78 is 7.24. The van der Waals surface area contributed by atoms with Gasteiger partial charge in [0.1, 0.15) is 11.5 Å². The SMILES string of the molecule is CN/C=C\n1c(C2CCN(C3CC3)CC2)nc(Nc2ccc(C(=O)N3CCOCC3)cc2)c1C=O. The number of nitrogens with zero attached hydrogens (tertiary/aromatic N) is 4. The number of rotatable bonds is 8. The maximum Gasteiger partial charge on any atom is 0.254 e. The fraction of sp³-hybridized carbons (Fsp3) is 0.500. The van der Waals surface area contributed by atoms with Crippen molar-refractivity contribution >= 4 is 29.9 Å². The normalized spacial score (nSPS) is 19.7. The van der Waals surface area contributed by atoms with Crippen molar-refractivity contribution in [3.8, 4) is 0 Å². The minimum atomic E-state index is 0.00902. The summed E-state index contributed by atoms with van der Waals surface area (Å²) in [6, 6.07) is 8.12. The van der Waals surface area contributed by atoms with Gasteiger partial charge >= 0.3 is 0 Å². The first-order valence-corrected chi connectivity index (χ1v) is 12.6. The highest BCUT2D eigenvalue weighted by Crippen LogP contribution is 2.36. The van der Waals surface area contributed by atoms with Gasteiger partial charge in [0, 0.05) is 55.7 Å². The zero-order valence-electron chi connectivity index (χ0n) is 20.3. The molecular weight excluding hydrogens is 444 g/mol. The van der Waals surface area contributed by atoms with Crippen LogP contribution in [0.3, 0.4) is 0 Å². The molecule has 5 rings (SSSR count). The Kier molecular flexibility index (Phi) is 7.15. The van der Waals surface area contributed by atoms with Gasteiger partial charge in [-0.05, 0) is 63.0 Å². The first kappa shape index (κ1) is 23.6. The Balaban J connectivity index is 1.34. The fourth-order valence-electron chi connectivity index (χ4n) is 5.01. The summed E-state index contributed by atoms with van der Waals surface area (Å²) in [5.74, 6) is 1.76. The summed E-state index contributed by atoms with van der Waals surface area (Å²) in [6.07, 6.45) is 9.26. The van der Waals surface area contributed by atoms with Crippen molar-refractivity contribution in [3.05, 3.63) is 47.5 Å². The Bertz CT molecular complexity index is 1060. The van der Waals surface area contributed by atoms with Crippen molar-refractivity contribution in [3.63, 3.8) is 0 Å². The van der Waals surface area contributed by atoms with E-state index in [9.17, 15) is 9.59 Å². The van der Waals surface area contributed by atoms with Gasteiger partial charge in [-0.2, -0.15) is 0 Å². The molecule has 3 heterocycles. The Labute approximate surface area is 206 Å². The van der Waals surface area contributed by atoms with Crippen molar-refractivity contribution in [2.75, 3.05) is 51.8 Å². The largest absolute Gasteiger partial charge is 0.393 e. The molecule has 1 aromatic heterocycles. The second-order valence-electron chi connectivity index (χ2n) is 9.44. The Morgan fingerprint density at radius 2 is 1.77 bits per heavy atom. The van der Waals surface area contributed by atoms with Crippen molar-refractivity contribution in [2.24, 2.45) is 0 Å². The van der Waals surface area contributed by atoms with Crippen LogP contribution in [0.4, 0.5) is 11.5 Å². The van der Waals surface area contributed by atoms with E-state index in [-0.39, 0.29) is 5.91 Å². The predicted molar refractivity (Wildman–Crippen MR) is 135 cm³/mol. The number of ether oxygens (including phenoxy) is 1. The number of carbonyl (C=O) groups excluding carboxylic acids is 2. The number of anilines is 2. The second-order valence-corrected chi connectivity index (χ2v) is 9.44. The van der Waals surface area contributed by atoms with Gasteiger partial charge in [-0.15, -0.1) is 0 Å². The van der Waals surface area contributed by atoms with Crippen LogP contribution in [0.1, 0.15) is 58.3 Å². The molecule has 186 valence electrons. The number of likely N-dealkylation sites (tertiary alicyclic amines) is 1. The number of nitrogens with one attached hydrogen (secondary N) is 2. The van der Waals surface area contributed by atoms with Crippen LogP contribution in [0.15, 0.2) is 30.5 Å². The summed E-state index contributed by atoms with van der Waals surface area (Å²) in [7, 11) is 1.83. The lowest BCUT2D eigenvalue weighted by Gasteiger charge is -2.31. The van der Waals surface area contributed by atoms with Gasteiger partial charge in [-0.3, -0.25) is 14.2 Å². The van der Waals surface area contributed by atoms with Gasteiger partial charge in [0.05, 0.1) is 13.2 Å². The van der Waals surface area contributed by atoms with Crippen LogP contribution < -0.4 is 10.6 Å². The topological polar surface area (TPSA) is 91.7 Å². The first-order chi connectivity index (χ1) is 17.2. The maximum absolute atomic E-state index is 12.7. The van der Waals surface area contributed by atoms with E-state index >= 15 is 0 Å². The minimum absolute atomic E-state index is 0.00902. The standard InChI is InChI=1S/C26H34N6O3/c1-27-10-13-32-23(18-33)24(29-25(32)19-8-11-30(12-9-19)22-6-7-22)28-21-4-2-20(3-5-21)26(34)31-14-16-35-17-15-31/h2-5,10,13,18-19,22,27-28H,6-9,11-12,14-17H2,1H3/b13-10-. The average Bonchev–Trinajstić information content (AvgIpc) is 3.70. The lowest BCUT2D eigenvalue weighted by atomic mass is 9.96. The lowest BCUT2D eigenvalue weighted by molar-refractivity contribution is 0.0303. The van der Waals surface area contributed by atoms with Crippen molar-refractivity contribution in [1.29, 1.82) is 0 Å². The Morgan fingerprint density at radius 1 is 1.06 bits per heavy atom. The first-order valence-electron chi connectivity index (χ1n) is 12.6. The Morgan fingerprint density at radius 3 is 2.40 bits per heavy atom. The number of hydrogen-bond acceptors (Lipinski definition) is 7. The van der Waals surface area contributed by atoms with Crippen LogP contribution in [0.2, 0.25) is 0 Å².